The molecule has 0 radical (unpaired) electrons. The number of nitrogens with one attached hydrogen (secondary N) is 1. The molecule has 5 nitrogen and oxygen atoms in total. The number of halogens is 1. The molecule has 0 aromatic heterocycles. The molecular formula is C12H14ClNO4. The lowest BCUT2D eigenvalue weighted by Gasteiger charge is -2.23. The number of aromatic hydroxyl groups is 1. The summed E-state index contributed by atoms with van der Waals surface area (Å²) in [5, 5.41) is 12.7. The summed E-state index contributed by atoms with van der Waals surface area (Å²) in [4.78, 5) is 11.8. The van der Waals surface area contributed by atoms with Gasteiger partial charge in [-0.15, -0.1) is 0 Å². The fourth-order valence-corrected chi connectivity index (χ4v) is 1.82. The third-order valence-electron chi connectivity index (χ3n) is 2.58. The molecule has 1 unspecified atom stereocenters. The van der Waals surface area contributed by atoms with Crippen molar-refractivity contribution < 1.29 is 19.4 Å². The lowest BCUT2D eigenvalue weighted by Crippen LogP contribution is -2.39. The summed E-state index contributed by atoms with van der Waals surface area (Å²) in [6, 6.07) is 4.36. The molecule has 0 bridgehead atoms. The molecule has 1 fully saturated rings. The number of carbonyl (C=O) groups is 1. The molecule has 1 amide bonds. The summed E-state index contributed by atoms with van der Waals surface area (Å²) in [5.41, 5.74) is 0.191. The van der Waals surface area contributed by atoms with Crippen LogP contribution in [0.5, 0.6) is 5.75 Å². The molecule has 2 N–H and O–H groups in total. The predicted octanol–water partition coefficient (Wildman–Crippen LogP) is 1.19. The van der Waals surface area contributed by atoms with Gasteiger partial charge in [0.05, 0.1) is 31.5 Å². The average Bonchev–Trinajstić information content (AvgIpc) is 2.37. The number of benzene rings is 1. The first kappa shape index (κ1) is 13.1. The van der Waals surface area contributed by atoms with E-state index in [1.807, 2.05) is 0 Å². The van der Waals surface area contributed by atoms with Crippen LogP contribution in [0.3, 0.4) is 0 Å². The summed E-state index contributed by atoms with van der Waals surface area (Å²) < 4.78 is 10.6. The summed E-state index contributed by atoms with van der Waals surface area (Å²) >= 11 is 5.69. The Morgan fingerprint density at radius 1 is 1.50 bits per heavy atom. The highest BCUT2D eigenvalue weighted by atomic mass is 35.5. The number of hydrogen-bond donors (Lipinski definition) is 2. The standard InChI is InChI=1S/C12H14ClNO4/c13-8-1-2-10(11(15)5-8)12(16)14-6-9-7-17-3-4-18-9/h1-2,5,9,15H,3-4,6-7H2,(H,14,16). The van der Waals surface area contributed by atoms with Gasteiger partial charge in [0.15, 0.2) is 0 Å². The van der Waals surface area contributed by atoms with Gasteiger partial charge in [-0.05, 0) is 18.2 Å². The topological polar surface area (TPSA) is 67.8 Å². The van der Waals surface area contributed by atoms with Crippen molar-refractivity contribution in [2.24, 2.45) is 0 Å². The number of rotatable bonds is 3. The number of carbonyl (C=O) groups excluding carboxylic acids is 1. The zero-order chi connectivity index (χ0) is 13.0. The molecule has 1 atom stereocenters. The molecule has 1 heterocycles. The predicted molar refractivity (Wildman–Crippen MR) is 66.0 cm³/mol. The van der Waals surface area contributed by atoms with Crippen LogP contribution in [0.4, 0.5) is 0 Å². The number of ether oxygens (including phenoxy) is 2. The van der Waals surface area contributed by atoms with Gasteiger partial charge in [0.1, 0.15) is 5.75 Å². The molecule has 1 aromatic carbocycles. The Kier molecular flexibility index (Phi) is 4.41. The summed E-state index contributed by atoms with van der Waals surface area (Å²) in [5.74, 6) is -0.501. The van der Waals surface area contributed by atoms with E-state index in [2.05, 4.69) is 5.32 Å². The second-order valence-corrected chi connectivity index (χ2v) is 4.38. The fraction of sp³-hybridized carbons (Fsp3) is 0.417. The first-order chi connectivity index (χ1) is 8.66. The van der Waals surface area contributed by atoms with Gasteiger partial charge in [-0.3, -0.25) is 4.79 Å². The smallest absolute Gasteiger partial charge is 0.255 e. The second kappa shape index (κ2) is 6.04. The van der Waals surface area contributed by atoms with Gasteiger partial charge in [0, 0.05) is 11.6 Å². The molecule has 6 heteroatoms. The van der Waals surface area contributed by atoms with Crippen LogP contribution in [0.15, 0.2) is 18.2 Å². The minimum absolute atomic E-state index is 0.138. The van der Waals surface area contributed by atoms with Crippen molar-refractivity contribution in [1.29, 1.82) is 0 Å². The molecule has 0 saturated carbocycles. The maximum absolute atomic E-state index is 11.8. The van der Waals surface area contributed by atoms with E-state index in [1.165, 1.54) is 12.1 Å². The quantitative estimate of drug-likeness (QED) is 0.867. The zero-order valence-electron chi connectivity index (χ0n) is 9.69. The van der Waals surface area contributed by atoms with Crippen molar-refractivity contribution in [3.63, 3.8) is 0 Å². The van der Waals surface area contributed by atoms with Crippen LogP contribution in [0.1, 0.15) is 10.4 Å². The Bertz CT molecular complexity index is 432. The molecule has 2 rings (SSSR count). The van der Waals surface area contributed by atoms with E-state index in [9.17, 15) is 9.90 Å². The first-order valence-electron chi connectivity index (χ1n) is 5.63. The molecule has 0 aliphatic carbocycles. The van der Waals surface area contributed by atoms with Gasteiger partial charge in [-0.1, -0.05) is 11.6 Å². The third-order valence-corrected chi connectivity index (χ3v) is 2.81. The Balaban J connectivity index is 1.90. The van der Waals surface area contributed by atoms with Gasteiger partial charge in [0.2, 0.25) is 0 Å². The van der Waals surface area contributed by atoms with Crippen LogP contribution in [-0.4, -0.2) is 43.5 Å². The number of phenols is 1. The van der Waals surface area contributed by atoms with Crippen LogP contribution in [-0.2, 0) is 9.47 Å². The number of phenolic OH excluding ortho intramolecular Hbond substituents is 1. The minimum Gasteiger partial charge on any atom is -0.507 e. The van der Waals surface area contributed by atoms with Crippen molar-refractivity contribution >= 4 is 17.5 Å². The van der Waals surface area contributed by atoms with Crippen molar-refractivity contribution in [2.75, 3.05) is 26.4 Å². The summed E-state index contributed by atoms with van der Waals surface area (Å²) in [7, 11) is 0. The van der Waals surface area contributed by atoms with Gasteiger partial charge in [-0.25, -0.2) is 0 Å². The fourth-order valence-electron chi connectivity index (χ4n) is 1.65. The van der Waals surface area contributed by atoms with E-state index >= 15 is 0 Å². The van der Waals surface area contributed by atoms with Gasteiger partial charge in [-0.2, -0.15) is 0 Å². The van der Waals surface area contributed by atoms with E-state index in [0.29, 0.717) is 31.4 Å². The highest BCUT2D eigenvalue weighted by molar-refractivity contribution is 6.30. The van der Waals surface area contributed by atoms with E-state index in [1.54, 1.807) is 6.07 Å². The maximum Gasteiger partial charge on any atom is 0.255 e. The van der Waals surface area contributed by atoms with Gasteiger partial charge < -0.3 is 19.9 Å². The summed E-state index contributed by atoms with van der Waals surface area (Å²) in [6.07, 6.45) is -0.142. The van der Waals surface area contributed by atoms with Crippen molar-refractivity contribution in [1.82, 2.24) is 5.32 Å². The number of hydrogen-bond acceptors (Lipinski definition) is 4. The van der Waals surface area contributed by atoms with Crippen molar-refractivity contribution in [2.45, 2.75) is 6.10 Å². The van der Waals surface area contributed by atoms with E-state index in [-0.39, 0.29) is 23.3 Å². The summed E-state index contributed by atoms with van der Waals surface area (Å²) in [6.45, 7) is 1.93. The molecule has 98 valence electrons. The Morgan fingerprint density at radius 2 is 2.33 bits per heavy atom. The Morgan fingerprint density at radius 3 is 3.00 bits per heavy atom. The minimum atomic E-state index is -0.363. The highest BCUT2D eigenvalue weighted by Crippen LogP contribution is 2.21. The second-order valence-electron chi connectivity index (χ2n) is 3.94. The van der Waals surface area contributed by atoms with Crippen LogP contribution in [0, 0.1) is 0 Å². The van der Waals surface area contributed by atoms with Crippen LogP contribution in [0.2, 0.25) is 5.02 Å². The molecule has 1 aliphatic rings. The zero-order valence-corrected chi connectivity index (χ0v) is 10.4. The Hall–Kier alpha value is -1.30. The van der Waals surface area contributed by atoms with Crippen molar-refractivity contribution in [3.8, 4) is 5.75 Å². The average molecular weight is 272 g/mol. The van der Waals surface area contributed by atoms with Gasteiger partial charge >= 0.3 is 0 Å². The molecular weight excluding hydrogens is 258 g/mol. The third kappa shape index (κ3) is 3.35. The Labute approximate surface area is 110 Å². The molecule has 1 aromatic rings. The van der Waals surface area contributed by atoms with E-state index in [0.717, 1.165) is 0 Å². The van der Waals surface area contributed by atoms with Crippen LogP contribution >= 0.6 is 11.6 Å². The van der Waals surface area contributed by atoms with Crippen LogP contribution in [0.25, 0.3) is 0 Å². The first-order valence-corrected chi connectivity index (χ1v) is 6.00. The van der Waals surface area contributed by atoms with Crippen molar-refractivity contribution in [3.05, 3.63) is 28.8 Å². The molecule has 0 spiro atoms. The molecule has 1 saturated heterocycles. The normalized spacial score (nSPS) is 19.5. The highest BCUT2D eigenvalue weighted by Gasteiger charge is 2.17. The molecule has 18 heavy (non-hydrogen) atoms. The monoisotopic (exact) mass is 271 g/mol. The lowest BCUT2D eigenvalue weighted by molar-refractivity contribution is -0.0855. The van der Waals surface area contributed by atoms with Gasteiger partial charge in [0.25, 0.3) is 5.91 Å². The SMILES string of the molecule is O=C(NCC1COCCO1)c1ccc(Cl)cc1O. The lowest BCUT2D eigenvalue weighted by atomic mass is 10.2. The molecule has 1 aliphatic heterocycles. The maximum atomic E-state index is 11.8. The van der Waals surface area contributed by atoms with E-state index in [4.69, 9.17) is 21.1 Å². The number of amides is 1. The van der Waals surface area contributed by atoms with E-state index < -0.39 is 0 Å². The van der Waals surface area contributed by atoms with Crippen LogP contribution < -0.4 is 5.32 Å². The largest absolute Gasteiger partial charge is 0.507 e.